The zero-order chi connectivity index (χ0) is 20.4. The van der Waals surface area contributed by atoms with E-state index < -0.39 is 18.0 Å². The van der Waals surface area contributed by atoms with Crippen LogP contribution in [0.3, 0.4) is 0 Å². The zero-order valence-electron chi connectivity index (χ0n) is 15.5. The van der Waals surface area contributed by atoms with Crippen LogP contribution in [0.5, 0.6) is 11.5 Å². The molecule has 2 heterocycles. The molecular formula is C21H17ClN2O5. The van der Waals surface area contributed by atoms with Crippen LogP contribution < -0.4 is 14.8 Å². The number of nitrogens with one attached hydrogen (secondary N) is 1. The predicted octanol–water partition coefficient (Wildman–Crippen LogP) is 3.84. The van der Waals surface area contributed by atoms with E-state index in [0.29, 0.717) is 41.3 Å². The van der Waals surface area contributed by atoms with E-state index in [1.54, 1.807) is 42.5 Å². The molecule has 0 spiro atoms. The van der Waals surface area contributed by atoms with E-state index in [0.717, 1.165) is 0 Å². The summed E-state index contributed by atoms with van der Waals surface area (Å²) < 4.78 is 16.3. The van der Waals surface area contributed by atoms with Gasteiger partial charge in [-0.3, -0.25) is 4.79 Å². The van der Waals surface area contributed by atoms with Gasteiger partial charge in [-0.1, -0.05) is 29.8 Å². The molecule has 0 fully saturated rings. The number of halogens is 1. The second-order valence-electron chi connectivity index (χ2n) is 6.40. The SMILES string of the molecule is C[C@@H](OC(=O)c1cc(Cl)nc2ccccc12)C(=O)Nc1ccc2c(c1)OCCO2. The third-order valence-electron chi connectivity index (χ3n) is 4.37. The molecule has 0 saturated heterocycles. The molecule has 29 heavy (non-hydrogen) atoms. The summed E-state index contributed by atoms with van der Waals surface area (Å²) in [4.78, 5) is 29.3. The fourth-order valence-corrected chi connectivity index (χ4v) is 3.15. The van der Waals surface area contributed by atoms with Crippen LogP contribution in [-0.4, -0.2) is 36.2 Å². The van der Waals surface area contributed by atoms with Crippen molar-refractivity contribution in [3.63, 3.8) is 0 Å². The second kappa shape index (κ2) is 7.97. The summed E-state index contributed by atoms with van der Waals surface area (Å²) in [6.45, 7) is 2.43. The molecule has 0 radical (unpaired) electrons. The lowest BCUT2D eigenvalue weighted by Crippen LogP contribution is -2.30. The molecule has 1 amide bonds. The van der Waals surface area contributed by atoms with Crippen molar-refractivity contribution in [1.29, 1.82) is 0 Å². The number of nitrogens with zero attached hydrogens (tertiary/aromatic N) is 1. The number of rotatable bonds is 4. The second-order valence-corrected chi connectivity index (χ2v) is 6.79. The number of carbonyl (C=O) groups is 2. The molecule has 4 rings (SSSR count). The third kappa shape index (κ3) is 4.09. The van der Waals surface area contributed by atoms with Crippen molar-refractivity contribution in [3.05, 3.63) is 59.2 Å². The van der Waals surface area contributed by atoms with Gasteiger partial charge >= 0.3 is 5.97 Å². The van der Waals surface area contributed by atoms with Crippen LogP contribution in [0.25, 0.3) is 10.9 Å². The first-order valence-electron chi connectivity index (χ1n) is 8.98. The summed E-state index contributed by atoms with van der Waals surface area (Å²) in [5.41, 5.74) is 1.33. The maximum absolute atomic E-state index is 12.6. The fraction of sp³-hybridized carbons (Fsp3) is 0.190. The van der Waals surface area contributed by atoms with Crippen LogP contribution in [-0.2, 0) is 9.53 Å². The first-order valence-corrected chi connectivity index (χ1v) is 9.36. The number of pyridine rings is 1. The van der Waals surface area contributed by atoms with E-state index in [9.17, 15) is 9.59 Å². The lowest BCUT2D eigenvalue weighted by Gasteiger charge is -2.19. The monoisotopic (exact) mass is 412 g/mol. The summed E-state index contributed by atoms with van der Waals surface area (Å²) in [7, 11) is 0. The molecule has 1 aromatic heterocycles. The number of hydrogen-bond donors (Lipinski definition) is 1. The van der Waals surface area contributed by atoms with Crippen molar-refractivity contribution in [2.24, 2.45) is 0 Å². The molecule has 0 bridgehead atoms. The summed E-state index contributed by atoms with van der Waals surface area (Å²) >= 11 is 6.01. The number of fused-ring (bicyclic) bond motifs is 2. The zero-order valence-corrected chi connectivity index (χ0v) is 16.2. The Bertz CT molecular complexity index is 1100. The van der Waals surface area contributed by atoms with Crippen LogP contribution in [0, 0.1) is 0 Å². The van der Waals surface area contributed by atoms with Gasteiger partial charge in [-0.2, -0.15) is 0 Å². The van der Waals surface area contributed by atoms with Crippen molar-refractivity contribution < 1.29 is 23.8 Å². The maximum atomic E-state index is 12.6. The van der Waals surface area contributed by atoms with Gasteiger partial charge in [0.15, 0.2) is 17.6 Å². The Hall–Kier alpha value is -3.32. The van der Waals surface area contributed by atoms with Crippen molar-refractivity contribution in [2.75, 3.05) is 18.5 Å². The topological polar surface area (TPSA) is 86.8 Å². The van der Waals surface area contributed by atoms with Crippen LogP contribution in [0.15, 0.2) is 48.5 Å². The molecular weight excluding hydrogens is 396 g/mol. The van der Waals surface area contributed by atoms with Gasteiger partial charge in [0.05, 0.1) is 11.1 Å². The maximum Gasteiger partial charge on any atom is 0.339 e. The molecule has 2 aromatic carbocycles. The van der Waals surface area contributed by atoms with Crippen molar-refractivity contribution in [3.8, 4) is 11.5 Å². The highest BCUT2D eigenvalue weighted by atomic mass is 35.5. The number of benzene rings is 2. The molecule has 1 aliphatic heterocycles. The molecule has 8 heteroatoms. The number of hydrogen-bond acceptors (Lipinski definition) is 6. The minimum atomic E-state index is -1.03. The Morgan fingerprint density at radius 1 is 1.10 bits per heavy atom. The number of ether oxygens (including phenoxy) is 3. The van der Waals surface area contributed by atoms with Gasteiger partial charge in [0.1, 0.15) is 18.4 Å². The molecule has 3 aromatic rings. The summed E-state index contributed by atoms with van der Waals surface area (Å²) in [5.74, 6) is 0.0431. The minimum absolute atomic E-state index is 0.170. The molecule has 148 valence electrons. The van der Waals surface area contributed by atoms with Crippen LogP contribution in [0.4, 0.5) is 5.69 Å². The highest BCUT2D eigenvalue weighted by molar-refractivity contribution is 6.30. The summed E-state index contributed by atoms with van der Waals surface area (Å²) in [6.07, 6.45) is -1.03. The lowest BCUT2D eigenvalue weighted by atomic mass is 10.1. The van der Waals surface area contributed by atoms with Crippen LogP contribution in [0.1, 0.15) is 17.3 Å². The smallest absolute Gasteiger partial charge is 0.339 e. The quantitative estimate of drug-likeness (QED) is 0.517. The number of amides is 1. The van der Waals surface area contributed by atoms with E-state index >= 15 is 0 Å². The average Bonchev–Trinajstić information content (AvgIpc) is 2.72. The van der Waals surface area contributed by atoms with Gasteiger partial charge in [-0.25, -0.2) is 9.78 Å². The Morgan fingerprint density at radius 2 is 1.86 bits per heavy atom. The molecule has 0 aliphatic carbocycles. The first kappa shape index (κ1) is 19.0. The molecule has 1 aliphatic rings. The fourth-order valence-electron chi connectivity index (χ4n) is 2.95. The van der Waals surface area contributed by atoms with Crippen LogP contribution >= 0.6 is 11.6 Å². The number of aromatic nitrogens is 1. The van der Waals surface area contributed by atoms with E-state index in [2.05, 4.69) is 10.3 Å². The van der Waals surface area contributed by atoms with Gasteiger partial charge in [-0.15, -0.1) is 0 Å². The molecule has 1 N–H and O–H groups in total. The highest BCUT2D eigenvalue weighted by Gasteiger charge is 2.22. The number of esters is 1. The summed E-state index contributed by atoms with van der Waals surface area (Å²) in [6, 6.07) is 13.6. The van der Waals surface area contributed by atoms with E-state index in [-0.39, 0.29) is 10.7 Å². The summed E-state index contributed by atoms with van der Waals surface area (Å²) in [5, 5.41) is 3.48. The minimum Gasteiger partial charge on any atom is -0.486 e. The Kier molecular flexibility index (Phi) is 5.22. The highest BCUT2D eigenvalue weighted by Crippen LogP contribution is 2.32. The Morgan fingerprint density at radius 3 is 2.69 bits per heavy atom. The Labute approximate surface area is 171 Å². The molecule has 7 nitrogen and oxygen atoms in total. The number of para-hydroxylation sites is 1. The third-order valence-corrected chi connectivity index (χ3v) is 4.56. The first-order chi connectivity index (χ1) is 14.0. The molecule has 0 saturated carbocycles. The van der Waals surface area contributed by atoms with Gasteiger partial charge in [-0.05, 0) is 31.2 Å². The predicted molar refractivity (Wildman–Crippen MR) is 108 cm³/mol. The molecule has 1 atom stereocenters. The van der Waals surface area contributed by atoms with Gasteiger partial charge in [0, 0.05) is 17.1 Å². The van der Waals surface area contributed by atoms with Crippen molar-refractivity contribution in [2.45, 2.75) is 13.0 Å². The average molecular weight is 413 g/mol. The van der Waals surface area contributed by atoms with Crippen molar-refractivity contribution >= 4 is 40.1 Å². The van der Waals surface area contributed by atoms with E-state index in [4.69, 9.17) is 25.8 Å². The molecule has 0 unspecified atom stereocenters. The Balaban J connectivity index is 1.47. The van der Waals surface area contributed by atoms with Gasteiger partial charge in [0.2, 0.25) is 0 Å². The number of carbonyl (C=O) groups excluding carboxylic acids is 2. The normalized spacial score (nSPS) is 13.6. The van der Waals surface area contributed by atoms with Gasteiger partial charge in [0.25, 0.3) is 5.91 Å². The van der Waals surface area contributed by atoms with Crippen LogP contribution in [0.2, 0.25) is 5.15 Å². The van der Waals surface area contributed by atoms with Crippen molar-refractivity contribution in [1.82, 2.24) is 4.98 Å². The largest absolute Gasteiger partial charge is 0.486 e. The standard InChI is InChI=1S/C21H17ClN2O5/c1-12(20(25)23-13-6-7-17-18(10-13)28-9-8-27-17)29-21(26)15-11-19(22)24-16-5-3-2-4-14(15)16/h2-7,10-12H,8-9H2,1H3,(H,23,25)/t12-/m1/s1. The van der Waals surface area contributed by atoms with Gasteiger partial charge < -0.3 is 19.5 Å². The lowest BCUT2D eigenvalue weighted by molar-refractivity contribution is -0.123. The van der Waals surface area contributed by atoms with E-state index in [1.807, 2.05) is 0 Å². The van der Waals surface area contributed by atoms with E-state index in [1.165, 1.54) is 13.0 Å². The number of anilines is 1.